The van der Waals surface area contributed by atoms with Crippen molar-refractivity contribution >= 4 is 0 Å². The third-order valence-electron chi connectivity index (χ3n) is 25.2. The molecular formula is C121H80. The zero-order valence-electron chi connectivity index (χ0n) is 66.7. The van der Waals surface area contributed by atoms with Crippen molar-refractivity contribution in [1.82, 2.24) is 0 Å². The molecule has 20 aromatic carbocycles. The highest BCUT2D eigenvalue weighted by molar-refractivity contribution is 6.09. The Morgan fingerprint density at radius 3 is 0.347 bits per heavy atom. The average Bonchev–Trinajstić information content (AvgIpc) is 1.50. The second-order valence-corrected chi connectivity index (χ2v) is 31.8. The van der Waals surface area contributed by atoms with Crippen molar-refractivity contribution in [3.63, 3.8) is 0 Å². The van der Waals surface area contributed by atoms with Crippen molar-refractivity contribution in [1.29, 1.82) is 0 Å². The summed E-state index contributed by atoms with van der Waals surface area (Å²) < 4.78 is 0. The summed E-state index contributed by atoms with van der Waals surface area (Å²) >= 11 is 0. The second-order valence-electron chi connectivity index (χ2n) is 31.8. The van der Waals surface area contributed by atoms with Gasteiger partial charge in [0.25, 0.3) is 0 Å². The van der Waals surface area contributed by atoms with Crippen molar-refractivity contribution in [2.45, 2.75) is 5.41 Å². The third-order valence-corrected chi connectivity index (χ3v) is 25.2. The highest BCUT2D eigenvalue weighted by Crippen LogP contribution is 2.66. The number of benzene rings is 20. The van der Waals surface area contributed by atoms with Gasteiger partial charge in [-0.2, -0.15) is 0 Å². The van der Waals surface area contributed by atoms with E-state index in [1.165, 1.54) is 111 Å². The van der Waals surface area contributed by atoms with E-state index in [-0.39, 0.29) is 0 Å². The molecule has 22 rings (SSSR count). The lowest BCUT2D eigenvalue weighted by molar-refractivity contribution is 0.795. The lowest BCUT2D eigenvalue weighted by Gasteiger charge is -2.32. The van der Waals surface area contributed by atoms with E-state index in [2.05, 4.69) is 485 Å². The Bertz CT molecular complexity index is 6370. The third kappa shape index (κ3) is 12.5. The van der Waals surface area contributed by atoms with Crippen molar-refractivity contribution in [2.24, 2.45) is 0 Å². The quantitative estimate of drug-likeness (QED) is 0.0904. The molecule has 0 aliphatic heterocycles. The van der Waals surface area contributed by atoms with Crippen LogP contribution in [0.4, 0.5) is 0 Å². The van der Waals surface area contributed by atoms with Crippen LogP contribution in [0.2, 0.25) is 0 Å². The molecule has 0 atom stereocenters. The molecule has 0 fully saturated rings. The van der Waals surface area contributed by atoms with Crippen LogP contribution >= 0.6 is 0 Å². The van der Waals surface area contributed by atoms with E-state index in [1.807, 2.05) is 0 Å². The fourth-order valence-corrected chi connectivity index (χ4v) is 19.9. The molecule has 2 aliphatic carbocycles. The largest absolute Gasteiger partial charge is 0.0726 e. The molecule has 20 aromatic rings. The van der Waals surface area contributed by atoms with Gasteiger partial charge in [-0.1, -0.05) is 461 Å². The summed E-state index contributed by atoms with van der Waals surface area (Å²) in [6.45, 7) is 0. The maximum Gasteiger partial charge on any atom is 0.0726 e. The van der Waals surface area contributed by atoms with E-state index in [0.717, 1.165) is 111 Å². The Morgan fingerprint density at radius 2 is 0.207 bits per heavy atom. The lowest BCUT2D eigenvalue weighted by atomic mass is 9.68. The van der Waals surface area contributed by atoms with E-state index >= 15 is 0 Å². The van der Waals surface area contributed by atoms with E-state index in [1.54, 1.807) is 0 Å². The van der Waals surface area contributed by atoms with Gasteiger partial charge in [0.15, 0.2) is 0 Å². The predicted octanol–water partition coefficient (Wildman–Crippen LogP) is 32.7. The fraction of sp³-hybridized carbons (Fsp3) is 0.00826. The van der Waals surface area contributed by atoms with Gasteiger partial charge < -0.3 is 0 Å². The Hall–Kier alpha value is -15.6. The van der Waals surface area contributed by atoms with Crippen molar-refractivity contribution in [3.8, 4) is 200 Å². The van der Waals surface area contributed by atoms with Crippen LogP contribution in [0.1, 0.15) is 22.3 Å². The smallest absolute Gasteiger partial charge is 0.0622 e. The zero-order chi connectivity index (χ0) is 80.2. The summed E-state index contributed by atoms with van der Waals surface area (Å²) in [4.78, 5) is 0. The maximum atomic E-state index is 2.62. The second kappa shape index (κ2) is 30.8. The molecule has 0 heteroatoms. The van der Waals surface area contributed by atoms with Gasteiger partial charge in [-0.25, -0.2) is 0 Å². The normalized spacial score (nSPS) is 12.0. The van der Waals surface area contributed by atoms with Crippen molar-refractivity contribution in [3.05, 3.63) is 508 Å². The molecule has 0 bridgehead atoms. The minimum atomic E-state index is -0.982. The first-order valence-corrected chi connectivity index (χ1v) is 42.0. The maximum absolute atomic E-state index is 2.62. The number of hydrogen-bond acceptors (Lipinski definition) is 0. The average molecular weight is 1530 g/mol. The summed E-state index contributed by atoms with van der Waals surface area (Å²) in [6, 6.07) is 182. The molecule has 0 unspecified atom stereocenters. The van der Waals surface area contributed by atoms with Crippen LogP contribution in [0, 0.1) is 0 Å². The van der Waals surface area contributed by atoms with Crippen LogP contribution in [-0.4, -0.2) is 0 Å². The van der Waals surface area contributed by atoms with Gasteiger partial charge in [-0.05, 0) is 247 Å². The van der Waals surface area contributed by atoms with Crippen LogP contribution in [0.5, 0.6) is 0 Å². The van der Waals surface area contributed by atoms with Gasteiger partial charge in [-0.3, -0.25) is 0 Å². The molecular weight excluding hydrogens is 1450 g/mol. The molecule has 0 N–H and O–H groups in total. The predicted molar refractivity (Wildman–Crippen MR) is 510 cm³/mol. The molecule has 0 saturated carbocycles. The SMILES string of the molecule is c1ccc(-c2ccc(-c3ccc4c(c3)C3(c5cc(-c6ccc(-c7ccccc7)c(-c7ccccc7)c6-c6ccccc6)ccc5-4)c4cc(-c5ccc(-c6ccccc6)c(-c6ccccc6)c5-c5ccccc5)ccc4-c4ccc(-c5ccc(-c6ccccc6)c(-c6ccccc6)c5-c5ccccc5)cc43)c(-c3ccccc3)c2-c2ccccc2)cc1. The molecule has 1 spiro atoms. The van der Waals surface area contributed by atoms with Crippen molar-refractivity contribution < 1.29 is 0 Å². The summed E-state index contributed by atoms with van der Waals surface area (Å²) in [5.74, 6) is 0. The molecule has 2 aliphatic rings. The monoisotopic (exact) mass is 1530 g/mol. The molecule has 0 nitrogen and oxygen atoms in total. The summed E-state index contributed by atoms with van der Waals surface area (Å²) in [5, 5.41) is 0. The minimum Gasteiger partial charge on any atom is -0.0622 e. The molecule has 0 saturated heterocycles. The van der Waals surface area contributed by atoms with E-state index < -0.39 is 5.41 Å². The Balaban J connectivity index is 0.886. The van der Waals surface area contributed by atoms with E-state index in [0.29, 0.717) is 0 Å². The van der Waals surface area contributed by atoms with Crippen molar-refractivity contribution in [2.75, 3.05) is 0 Å². The topological polar surface area (TPSA) is 0 Å². The van der Waals surface area contributed by atoms with Gasteiger partial charge in [0.1, 0.15) is 0 Å². The molecule has 0 aromatic heterocycles. The summed E-state index contributed by atoms with van der Waals surface area (Å²) in [5.41, 5.74) is 45.9. The lowest BCUT2D eigenvalue weighted by Crippen LogP contribution is -2.26. The zero-order valence-corrected chi connectivity index (χ0v) is 66.7. The minimum absolute atomic E-state index is 0.982. The first kappa shape index (κ1) is 71.9. The molecule has 0 heterocycles. The molecule has 564 valence electrons. The number of hydrogen-bond donors (Lipinski definition) is 0. The Kier molecular flexibility index (Phi) is 18.3. The van der Waals surface area contributed by atoms with Crippen LogP contribution in [-0.2, 0) is 5.41 Å². The first-order valence-electron chi connectivity index (χ1n) is 42.0. The van der Waals surface area contributed by atoms with Gasteiger partial charge in [0, 0.05) is 0 Å². The molecule has 0 radical (unpaired) electrons. The van der Waals surface area contributed by atoms with Gasteiger partial charge >= 0.3 is 0 Å². The van der Waals surface area contributed by atoms with Crippen LogP contribution in [0.25, 0.3) is 200 Å². The molecule has 0 amide bonds. The number of fused-ring (bicyclic) bond motifs is 10. The highest BCUT2D eigenvalue weighted by Gasteiger charge is 2.53. The Morgan fingerprint density at radius 1 is 0.0909 bits per heavy atom. The van der Waals surface area contributed by atoms with Gasteiger partial charge in [0.2, 0.25) is 0 Å². The standard InChI is InChI=1S/C121H80/c1-13-37-81(38-14-1)97-69-73-101(117(89-53-29-9-30-54-89)113(97)85-45-21-5-22-46-85)93-61-65-105-106-66-62-94(102-74-70-98(82-39-15-2-16-40-82)114(86-47-23-6-24-48-86)118(102)90-55-31-10-32-56-90)78-110(106)121(109(105)77-93)111-79-95(103-75-71-99(83-41-17-3-18-42-83)115(87-49-25-7-26-50-87)119(103)91-57-33-11-34-58-91)63-67-107(111)108-68-64-96(80-112(108)121)104-76-72-100(84-43-19-4-20-44-84)116(88-51-27-8-28-52-88)120(104)92-59-35-12-36-60-92/h1-80H. The van der Waals surface area contributed by atoms with Crippen LogP contribution in [0.3, 0.4) is 0 Å². The van der Waals surface area contributed by atoms with E-state index in [4.69, 9.17) is 0 Å². The Labute approximate surface area is 708 Å². The van der Waals surface area contributed by atoms with Crippen LogP contribution < -0.4 is 0 Å². The highest BCUT2D eigenvalue weighted by atomic mass is 14.5. The van der Waals surface area contributed by atoms with Gasteiger partial charge in [0.05, 0.1) is 5.41 Å². The summed E-state index contributed by atoms with van der Waals surface area (Å²) in [7, 11) is 0. The summed E-state index contributed by atoms with van der Waals surface area (Å²) in [6.07, 6.45) is 0. The first-order chi connectivity index (χ1) is 60.1. The number of rotatable bonds is 16. The van der Waals surface area contributed by atoms with Gasteiger partial charge in [-0.15, -0.1) is 0 Å². The van der Waals surface area contributed by atoms with Crippen LogP contribution in [0.15, 0.2) is 485 Å². The van der Waals surface area contributed by atoms with E-state index in [9.17, 15) is 0 Å². The molecule has 121 heavy (non-hydrogen) atoms. The fourth-order valence-electron chi connectivity index (χ4n) is 19.9.